The molecule has 9 aromatic rings. The molecule has 0 radical (unpaired) electrons. The van der Waals surface area contributed by atoms with Crippen LogP contribution in [-0.4, -0.2) is 140 Å². The van der Waals surface area contributed by atoms with Gasteiger partial charge in [-0.25, -0.2) is 43.1 Å². The maximum absolute atomic E-state index is 14.6. The Labute approximate surface area is 557 Å². The zero-order chi connectivity index (χ0) is 64.7. The number of aliphatic hydroxyl groups is 2. The average Bonchev–Trinajstić information content (AvgIpc) is 1.61. The highest BCUT2D eigenvalue weighted by Crippen LogP contribution is 2.53. The van der Waals surface area contributed by atoms with E-state index < -0.39 is 122 Å². The van der Waals surface area contributed by atoms with Crippen LogP contribution in [0.4, 0.5) is 13.2 Å². The Balaban J connectivity index is 0.000000116. The minimum atomic E-state index is -1.33. The highest BCUT2D eigenvalue weighted by Gasteiger charge is 2.61. The van der Waals surface area contributed by atoms with Gasteiger partial charge in [-0.15, -0.1) is 0 Å². The predicted molar refractivity (Wildman–Crippen MR) is 331 cm³/mol. The van der Waals surface area contributed by atoms with Gasteiger partial charge in [-0.2, -0.15) is 0 Å². The SMILES string of the molecule is CC1(C)O[C@@H]2[C@H]([C@@H]3OC[C@H](F)c4cc(Cl)ccc43)O[C@@H](n3ccc4c(Cl)ncnc43)[C@@H]2O1.CC1(C)O[C@@H]2[C@H]([C@@H]3OC[C@H](F)c4cc(Cl)ccc43)O[C@@H](n3ccc4c(Cl)ncnc43)[C@@H]2O1.O[C@@H]1[C@H](O)[C@H]([C@@H]2OC[C@H](F)c3cc(Cl)ccc32)O[C@H]1n1ccc2c(Cl)ncnc21. The number of hydrogen-bond acceptors (Lipinski definition) is 18. The van der Waals surface area contributed by atoms with E-state index in [4.69, 9.17) is 117 Å². The summed E-state index contributed by atoms with van der Waals surface area (Å²) in [5.41, 5.74) is 5.08. The smallest absolute Gasteiger partial charge is 0.164 e. The van der Waals surface area contributed by atoms with Crippen molar-refractivity contribution < 1.29 is 70.8 Å². The van der Waals surface area contributed by atoms with E-state index in [1.54, 1.807) is 71.4 Å². The number of nitrogens with zero attached hydrogens (tertiary/aromatic N) is 9. The number of aliphatic hydroxyl groups excluding tert-OH is 2. The van der Waals surface area contributed by atoms with Crippen molar-refractivity contribution >= 4 is 103 Å². The fourth-order valence-electron chi connectivity index (χ4n) is 13.9. The van der Waals surface area contributed by atoms with Crippen molar-refractivity contribution in [2.75, 3.05) is 19.8 Å². The van der Waals surface area contributed by atoms with E-state index in [9.17, 15) is 23.4 Å². The molecule has 0 aliphatic carbocycles. The summed E-state index contributed by atoms with van der Waals surface area (Å²) in [7, 11) is 0. The van der Waals surface area contributed by atoms with Crippen molar-refractivity contribution in [2.24, 2.45) is 0 Å². The van der Waals surface area contributed by atoms with Gasteiger partial charge in [0.2, 0.25) is 0 Å². The van der Waals surface area contributed by atoms with Crippen LogP contribution in [0.2, 0.25) is 30.5 Å². The number of fused-ring (bicyclic) bond motifs is 8. The van der Waals surface area contributed by atoms with Crippen molar-refractivity contribution in [3.63, 3.8) is 0 Å². The summed E-state index contributed by atoms with van der Waals surface area (Å²) in [5, 5.41) is 25.8. The van der Waals surface area contributed by atoms with Crippen molar-refractivity contribution in [3.8, 4) is 0 Å². The van der Waals surface area contributed by atoms with E-state index in [2.05, 4.69) is 29.9 Å². The molecule has 5 fully saturated rings. The number of halogens is 9. The molecule has 8 aliphatic rings. The van der Waals surface area contributed by atoms with Crippen LogP contribution in [-0.2, 0) is 47.4 Å². The number of hydrogen-bond donors (Lipinski definition) is 2. The van der Waals surface area contributed by atoms with Crippen LogP contribution in [0.5, 0.6) is 0 Å². The largest absolute Gasteiger partial charge is 0.387 e. The van der Waals surface area contributed by atoms with Gasteiger partial charge in [0.1, 0.15) is 143 Å². The van der Waals surface area contributed by atoms with Crippen LogP contribution >= 0.6 is 69.6 Å². The third-order valence-corrected chi connectivity index (χ3v) is 19.5. The fourth-order valence-corrected chi connectivity index (χ4v) is 15.0. The second kappa shape index (κ2) is 24.6. The third kappa shape index (κ3) is 11.3. The maximum Gasteiger partial charge on any atom is 0.164 e. The van der Waals surface area contributed by atoms with Crippen LogP contribution in [0.3, 0.4) is 0 Å². The second-order valence-electron chi connectivity index (χ2n) is 24.4. The fraction of sp³-hybridized carbons (Fsp3) is 0.429. The standard InChI is InChI=1S/2C22H20Cl2FN3O4.C19H16Cl2FN3O4/c2*1-22(2)31-17-16(15-11-4-3-10(23)7-13(11)14(25)8-29-15)30-21(18(17)32-22)28-6-5-12-19(24)26-9-27-20(12)28;20-8-1-2-9-11(5-8)12(22)6-28-15(9)16-13(26)14(27)19(29-16)25-4-3-10-17(21)23-7-24-18(10)25/h2*3-7,9,14-18,21H,8H2,1-2H3;1-5,7,12-16,19,26-27H,6H2/t2*14-,15+,16-,17+,18+,21+;12-,13-,14+,15+,16+,19+/m000/s1. The number of benzene rings is 3. The second-order valence-corrected chi connectivity index (χ2v) is 26.8. The lowest BCUT2D eigenvalue weighted by atomic mass is 9.91. The zero-order valence-corrected chi connectivity index (χ0v) is 53.8. The first-order valence-corrected chi connectivity index (χ1v) is 32.0. The Morgan fingerprint density at radius 3 is 1.09 bits per heavy atom. The van der Waals surface area contributed by atoms with Gasteiger partial charge in [0.15, 0.2) is 30.3 Å². The molecular weight excluding hydrogens is 1340 g/mol. The Bertz CT molecular complexity index is 4160. The Morgan fingerprint density at radius 2 is 0.720 bits per heavy atom. The summed E-state index contributed by atoms with van der Waals surface area (Å²) in [5.74, 6) is -1.63. The van der Waals surface area contributed by atoms with E-state index in [1.165, 1.54) is 19.0 Å². The van der Waals surface area contributed by atoms with Crippen LogP contribution in [0, 0.1) is 0 Å². The molecule has 5 saturated heterocycles. The minimum absolute atomic E-state index is 0.0839. The Hall–Kier alpha value is -5.43. The minimum Gasteiger partial charge on any atom is -0.387 e. The topological polar surface area (TPSA) is 225 Å². The van der Waals surface area contributed by atoms with Gasteiger partial charge >= 0.3 is 0 Å². The molecule has 488 valence electrons. The Morgan fingerprint density at radius 1 is 0.398 bits per heavy atom. The number of aromatic nitrogens is 9. The maximum atomic E-state index is 14.6. The normalized spacial score (nSPS) is 32.9. The Kier molecular flexibility index (Phi) is 16.8. The molecule has 14 heterocycles. The first kappa shape index (κ1) is 63.6. The van der Waals surface area contributed by atoms with Gasteiger partial charge in [-0.1, -0.05) is 87.8 Å². The molecule has 18 atom stereocenters. The lowest BCUT2D eigenvalue weighted by Gasteiger charge is -2.34. The van der Waals surface area contributed by atoms with Gasteiger partial charge in [-0.05, 0) is 116 Å². The first-order valence-electron chi connectivity index (χ1n) is 29.7. The zero-order valence-electron chi connectivity index (χ0n) is 49.3. The van der Waals surface area contributed by atoms with Crippen molar-refractivity contribution in [1.82, 2.24) is 43.6 Å². The number of alkyl halides is 3. The lowest BCUT2D eigenvalue weighted by Crippen LogP contribution is -2.38. The summed E-state index contributed by atoms with van der Waals surface area (Å²) in [6.45, 7) is 7.08. The molecule has 0 bridgehead atoms. The number of ether oxygens (including phenoxy) is 10. The molecule has 21 nitrogen and oxygen atoms in total. The van der Waals surface area contributed by atoms with Gasteiger partial charge in [0.25, 0.3) is 0 Å². The van der Waals surface area contributed by atoms with Crippen LogP contribution < -0.4 is 0 Å². The summed E-state index contributed by atoms with van der Waals surface area (Å²) < 4.78 is 110. The predicted octanol–water partition coefficient (Wildman–Crippen LogP) is 13.0. The molecular formula is C63H56Cl6F3N9O12. The van der Waals surface area contributed by atoms with E-state index in [-0.39, 0.29) is 25.0 Å². The van der Waals surface area contributed by atoms with E-state index in [0.717, 1.165) is 0 Å². The van der Waals surface area contributed by atoms with Crippen LogP contribution in [0.15, 0.2) is 110 Å². The molecule has 8 aliphatic heterocycles. The van der Waals surface area contributed by atoms with Gasteiger partial charge in [-0.3, -0.25) is 0 Å². The molecule has 3 aromatic carbocycles. The molecule has 17 rings (SSSR count). The molecule has 0 unspecified atom stereocenters. The molecule has 0 amide bonds. The summed E-state index contributed by atoms with van der Waals surface area (Å²) in [6, 6.07) is 20.5. The van der Waals surface area contributed by atoms with Crippen molar-refractivity contribution in [1.29, 1.82) is 0 Å². The van der Waals surface area contributed by atoms with Gasteiger partial charge in [0.05, 0.1) is 36.0 Å². The molecule has 93 heavy (non-hydrogen) atoms. The number of rotatable bonds is 6. The summed E-state index contributed by atoms with van der Waals surface area (Å²) in [4.78, 5) is 25.0. The van der Waals surface area contributed by atoms with Gasteiger partial charge < -0.3 is 71.3 Å². The average molecular weight is 1400 g/mol. The summed E-state index contributed by atoms with van der Waals surface area (Å²) >= 11 is 36.8. The molecule has 30 heteroatoms. The van der Waals surface area contributed by atoms with Crippen molar-refractivity contribution in [3.05, 3.63) is 174 Å². The van der Waals surface area contributed by atoms with Crippen LogP contribution in [0.1, 0.15) is 117 Å². The summed E-state index contributed by atoms with van der Waals surface area (Å²) in [6.07, 6.45) is -4.45. The lowest BCUT2D eigenvalue weighted by molar-refractivity contribution is -0.214. The van der Waals surface area contributed by atoms with Crippen LogP contribution in [0.25, 0.3) is 33.1 Å². The molecule has 0 spiro atoms. The molecule has 2 N–H and O–H groups in total. The highest BCUT2D eigenvalue weighted by atomic mass is 35.5. The highest BCUT2D eigenvalue weighted by molar-refractivity contribution is 6.35. The molecule has 6 aromatic heterocycles. The monoisotopic (exact) mass is 1400 g/mol. The van der Waals surface area contributed by atoms with E-state index in [0.29, 0.717) is 91.9 Å². The van der Waals surface area contributed by atoms with E-state index >= 15 is 0 Å². The van der Waals surface area contributed by atoms with Gasteiger partial charge in [0, 0.05) is 33.7 Å². The third-order valence-electron chi connectivity index (χ3n) is 17.8. The first-order chi connectivity index (χ1) is 44.6. The molecule has 0 saturated carbocycles. The quantitative estimate of drug-likeness (QED) is 0.148. The van der Waals surface area contributed by atoms with Crippen molar-refractivity contribution in [2.45, 2.75) is 150 Å². The van der Waals surface area contributed by atoms with E-state index in [1.807, 2.05) is 61.4 Å².